The quantitative estimate of drug-likeness (QED) is 0.776. The second-order valence-electron chi connectivity index (χ2n) is 5.39. The monoisotopic (exact) mass is 348 g/mol. The van der Waals surface area contributed by atoms with Crippen molar-refractivity contribution in [3.8, 4) is 5.75 Å². The molecule has 2 aromatic rings. The fourth-order valence-corrected chi connectivity index (χ4v) is 2.91. The van der Waals surface area contributed by atoms with Gasteiger partial charge in [0.15, 0.2) is 11.6 Å². The van der Waals surface area contributed by atoms with Crippen LogP contribution in [-0.4, -0.2) is 37.8 Å². The number of amides is 1. The van der Waals surface area contributed by atoms with Gasteiger partial charge in [0.1, 0.15) is 0 Å². The van der Waals surface area contributed by atoms with E-state index >= 15 is 0 Å². The van der Waals surface area contributed by atoms with Gasteiger partial charge in [-0.15, -0.1) is 11.8 Å². The van der Waals surface area contributed by atoms with Gasteiger partial charge in [-0.1, -0.05) is 18.2 Å². The van der Waals surface area contributed by atoms with E-state index in [2.05, 4.69) is 5.32 Å². The number of methoxy groups -OCH3 is 1. The van der Waals surface area contributed by atoms with E-state index in [-0.39, 0.29) is 18.2 Å². The van der Waals surface area contributed by atoms with Crippen molar-refractivity contribution in [3.63, 3.8) is 0 Å². The number of nitrogens with zero attached hydrogens (tertiary/aromatic N) is 1. The second-order valence-corrected chi connectivity index (χ2v) is 6.24. The van der Waals surface area contributed by atoms with E-state index in [1.165, 1.54) is 13.2 Å². The summed E-state index contributed by atoms with van der Waals surface area (Å²) in [6.45, 7) is 0.689. The summed E-state index contributed by atoms with van der Waals surface area (Å²) in [7, 11) is 3.25. The lowest BCUT2D eigenvalue weighted by atomic mass is 10.2. The number of hydrogen-bond donors (Lipinski definition) is 1. The molecule has 0 aliphatic rings. The van der Waals surface area contributed by atoms with Crippen LogP contribution in [-0.2, 0) is 11.3 Å². The third-order valence-corrected chi connectivity index (χ3v) is 4.26. The number of rotatable bonds is 7. The molecule has 128 valence electrons. The van der Waals surface area contributed by atoms with E-state index in [0.717, 1.165) is 16.1 Å². The Morgan fingerprint density at radius 3 is 2.71 bits per heavy atom. The Morgan fingerprint density at radius 1 is 1.29 bits per heavy atom. The van der Waals surface area contributed by atoms with Crippen molar-refractivity contribution in [2.24, 2.45) is 0 Å². The molecule has 0 aromatic heterocycles. The lowest BCUT2D eigenvalue weighted by Crippen LogP contribution is -2.30. The summed E-state index contributed by atoms with van der Waals surface area (Å²) in [5, 5.41) is 2.91. The Morgan fingerprint density at radius 2 is 2.04 bits per heavy atom. The molecule has 0 unspecified atom stereocenters. The highest BCUT2D eigenvalue weighted by atomic mass is 32.2. The summed E-state index contributed by atoms with van der Waals surface area (Å²) >= 11 is 1.58. The number of anilines is 1. The molecule has 0 saturated carbocycles. The lowest BCUT2D eigenvalue weighted by molar-refractivity contribution is -0.117. The first-order valence-electron chi connectivity index (χ1n) is 7.47. The first kappa shape index (κ1) is 18.3. The maximum absolute atomic E-state index is 13.7. The van der Waals surface area contributed by atoms with Crippen molar-refractivity contribution < 1.29 is 13.9 Å². The lowest BCUT2D eigenvalue weighted by Gasteiger charge is -2.17. The number of carbonyl (C=O) groups excluding carboxylic acids is 1. The average Bonchev–Trinajstić information content (AvgIpc) is 2.55. The largest absolute Gasteiger partial charge is 0.494 e. The highest BCUT2D eigenvalue weighted by Gasteiger charge is 2.11. The van der Waals surface area contributed by atoms with Gasteiger partial charge in [0.05, 0.1) is 19.3 Å². The summed E-state index contributed by atoms with van der Waals surface area (Å²) in [5.74, 6) is -0.289. The number of carbonyl (C=O) groups is 1. The first-order valence-corrected chi connectivity index (χ1v) is 8.69. The van der Waals surface area contributed by atoms with Crippen LogP contribution >= 0.6 is 11.8 Å². The highest BCUT2D eigenvalue weighted by Crippen LogP contribution is 2.24. The molecule has 0 bridgehead atoms. The van der Waals surface area contributed by atoms with Crippen molar-refractivity contribution in [2.45, 2.75) is 11.4 Å². The van der Waals surface area contributed by atoms with Crippen molar-refractivity contribution in [1.82, 2.24) is 4.90 Å². The van der Waals surface area contributed by atoms with Gasteiger partial charge in [-0.3, -0.25) is 9.69 Å². The van der Waals surface area contributed by atoms with Gasteiger partial charge >= 0.3 is 0 Å². The maximum Gasteiger partial charge on any atom is 0.238 e. The molecule has 0 aliphatic carbocycles. The predicted molar refractivity (Wildman–Crippen MR) is 96.1 cm³/mol. The third kappa shape index (κ3) is 4.97. The Balaban J connectivity index is 1.93. The summed E-state index contributed by atoms with van der Waals surface area (Å²) in [6.07, 6.45) is 1.97. The number of ether oxygens (including phenoxy) is 1. The fraction of sp³-hybridized carbons (Fsp3) is 0.278. The molecular formula is C18H21FN2O2S. The van der Waals surface area contributed by atoms with E-state index in [9.17, 15) is 9.18 Å². The van der Waals surface area contributed by atoms with E-state index in [1.54, 1.807) is 23.9 Å². The van der Waals surface area contributed by atoms with Crippen LogP contribution in [0, 0.1) is 5.82 Å². The highest BCUT2D eigenvalue weighted by molar-refractivity contribution is 7.98. The molecule has 6 heteroatoms. The zero-order chi connectivity index (χ0) is 17.5. The zero-order valence-electron chi connectivity index (χ0n) is 14.0. The minimum atomic E-state index is -0.401. The Hall–Kier alpha value is -2.05. The molecule has 0 heterocycles. The fourth-order valence-electron chi connectivity index (χ4n) is 2.36. The summed E-state index contributed by atoms with van der Waals surface area (Å²) in [4.78, 5) is 15.0. The molecule has 2 aromatic carbocycles. The van der Waals surface area contributed by atoms with Crippen LogP contribution in [0.1, 0.15) is 5.56 Å². The third-order valence-electron chi connectivity index (χ3n) is 3.46. The van der Waals surface area contributed by atoms with Gasteiger partial charge in [0, 0.05) is 11.4 Å². The van der Waals surface area contributed by atoms with Gasteiger partial charge in [-0.2, -0.15) is 0 Å². The van der Waals surface area contributed by atoms with Crippen LogP contribution < -0.4 is 10.1 Å². The summed E-state index contributed by atoms with van der Waals surface area (Å²) in [6, 6.07) is 12.5. The molecule has 24 heavy (non-hydrogen) atoms. The van der Waals surface area contributed by atoms with Crippen molar-refractivity contribution >= 4 is 23.4 Å². The standard InChI is InChI=1S/C18H21FN2O2S/c1-21(11-13-8-9-16(23-2)14(19)10-13)12-18(22)20-15-6-4-5-7-17(15)24-3/h4-10H,11-12H2,1-3H3,(H,20,22). The number of thioether (sulfide) groups is 1. The Kier molecular flexibility index (Phi) is 6.63. The van der Waals surface area contributed by atoms with E-state index in [4.69, 9.17) is 4.74 Å². The molecule has 0 atom stereocenters. The molecular weight excluding hydrogens is 327 g/mol. The molecule has 0 aliphatic heterocycles. The van der Waals surface area contributed by atoms with Crippen LogP contribution in [0.5, 0.6) is 5.75 Å². The van der Waals surface area contributed by atoms with Crippen molar-refractivity contribution in [3.05, 3.63) is 53.8 Å². The average molecular weight is 348 g/mol. The topological polar surface area (TPSA) is 41.6 Å². The molecule has 2 rings (SSSR count). The SMILES string of the molecule is COc1ccc(CN(C)CC(=O)Nc2ccccc2SC)cc1F. The normalized spacial score (nSPS) is 10.7. The van der Waals surface area contributed by atoms with Crippen LogP contribution in [0.15, 0.2) is 47.4 Å². The molecule has 1 amide bonds. The van der Waals surface area contributed by atoms with Crippen LogP contribution in [0.3, 0.4) is 0 Å². The van der Waals surface area contributed by atoms with Gasteiger partial charge in [-0.25, -0.2) is 4.39 Å². The minimum Gasteiger partial charge on any atom is -0.494 e. The van der Waals surface area contributed by atoms with Crippen molar-refractivity contribution in [1.29, 1.82) is 0 Å². The smallest absolute Gasteiger partial charge is 0.238 e. The van der Waals surface area contributed by atoms with Gasteiger partial charge < -0.3 is 10.1 Å². The van der Waals surface area contributed by atoms with E-state index in [1.807, 2.05) is 42.5 Å². The minimum absolute atomic E-state index is 0.104. The number of para-hydroxylation sites is 1. The molecule has 0 fully saturated rings. The van der Waals surface area contributed by atoms with Crippen molar-refractivity contribution in [2.75, 3.05) is 32.3 Å². The molecule has 1 N–H and O–H groups in total. The summed E-state index contributed by atoms with van der Waals surface area (Å²) < 4.78 is 18.6. The van der Waals surface area contributed by atoms with Crippen LogP contribution in [0.25, 0.3) is 0 Å². The Bertz CT molecular complexity index is 709. The first-order chi connectivity index (χ1) is 11.5. The number of likely N-dealkylation sites (N-methyl/N-ethyl adjacent to an activating group) is 1. The molecule has 4 nitrogen and oxygen atoms in total. The van der Waals surface area contributed by atoms with Gasteiger partial charge in [0.25, 0.3) is 0 Å². The molecule has 0 spiro atoms. The summed E-state index contributed by atoms with van der Waals surface area (Å²) in [5.41, 5.74) is 1.59. The number of halogens is 1. The molecule has 0 saturated heterocycles. The predicted octanol–water partition coefficient (Wildman–Crippen LogP) is 3.63. The van der Waals surface area contributed by atoms with Gasteiger partial charge in [-0.05, 0) is 43.1 Å². The molecule has 0 radical (unpaired) electrons. The number of benzene rings is 2. The maximum atomic E-state index is 13.7. The van der Waals surface area contributed by atoms with E-state index in [0.29, 0.717) is 6.54 Å². The van der Waals surface area contributed by atoms with Crippen LogP contribution in [0.4, 0.5) is 10.1 Å². The Labute approximate surface area is 146 Å². The number of nitrogens with one attached hydrogen (secondary N) is 1. The second kappa shape index (κ2) is 8.70. The zero-order valence-corrected chi connectivity index (χ0v) is 14.8. The van der Waals surface area contributed by atoms with Gasteiger partial charge in [0.2, 0.25) is 5.91 Å². The number of hydrogen-bond acceptors (Lipinski definition) is 4. The van der Waals surface area contributed by atoms with Crippen LogP contribution in [0.2, 0.25) is 0 Å². The van der Waals surface area contributed by atoms with E-state index < -0.39 is 5.82 Å².